The summed E-state index contributed by atoms with van der Waals surface area (Å²) in [5.41, 5.74) is 0.423. The van der Waals surface area contributed by atoms with E-state index in [9.17, 15) is 4.79 Å². The Morgan fingerprint density at radius 2 is 1.93 bits per heavy atom. The maximum absolute atomic E-state index is 13.1. The van der Waals surface area contributed by atoms with Crippen molar-refractivity contribution in [3.63, 3.8) is 0 Å². The van der Waals surface area contributed by atoms with Crippen molar-refractivity contribution in [2.24, 2.45) is 5.92 Å². The van der Waals surface area contributed by atoms with Gasteiger partial charge in [0.1, 0.15) is 17.6 Å². The molecule has 0 saturated carbocycles. The molecule has 29 heavy (non-hydrogen) atoms. The molecule has 4 heterocycles. The Morgan fingerprint density at radius 1 is 1.14 bits per heavy atom. The van der Waals surface area contributed by atoms with E-state index in [0.29, 0.717) is 17.6 Å². The molecule has 0 aromatic carbocycles. The summed E-state index contributed by atoms with van der Waals surface area (Å²) in [5.74, 6) is 1.15. The highest BCUT2D eigenvalue weighted by Crippen LogP contribution is 2.26. The van der Waals surface area contributed by atoms with Crippen molar-refractivity contribution in [1.29, 1.82) is 5.26 Å². The van der Waals surface area contributed by atoms with Crippen LogP contribution in [0.3, 0.4) is 0 Å². The second-order valence-electron chi connectivity index (χ2n) is 8.47. The highest BCUT2D eigenvalue weighted by Gasteiger charge is 2.35. The topological polar surface area (TPSA) is 81.5 Å². The van der Waals surface area contributed by atoms with Gasteiger partial charge in [-0.15, -0.1) is 0 Å². The zero-order chi connectivity index (χ0) is 20.1. The zero-order valence-corrected chi connectivity index (χ0v) is 17.1. The second-order valence-corrected chi connectivity index (χ2v) is 8.47. The highest BCUT2D eigenvalue weighted by atomic mass is 16.5. The minimum Gasteiger partial charge on any atom is -0.381 e. The number of ether oxygens (including phenoxy) is 1. The maximum Gasteiger partial charge on any atom is 0.226 e. The van der Waals surface area contributed by atoms with E-state index in [-0.39, 0.29) is 12.0 Å². The average Bonchev–Trinajstić information content (AvgIpc) is 3.22. The lowest BCUT2D eigenvalue weighted by Gasteiger charge is -2.36. The summed E-state index contributed by atoms with van der Waals surface area (Å²) in [4.78, 5) is 22.1. The fraction of sp³-hybridized carbons (Fsp3) is 0.682. The van der Waals surface area contributed by atoms with Crippen molar-refractivity contribution in [3.8, 4) is 6.07 Å². The molecule has 3 aliphatic rings. The molecule has 0 spiro atoms. The number of nitrogens with zero attached hydrogens (tertiary/aromatic N) is 4. The molecular weight excluding hydrogens is 366 g/mol. The molecule has 7 nitrogen and oxygen atoms in total. The summed E-state index contributed by atoms with van der Waals surface area (Å²) in [7, 11) is 0. The molecule has 1 aromatic rings. The summed E-state index contributed by atoms with van der Waals surface area (Å²) >= 11 is 0. The van der Waals surface area contributed by atoms with Crippen molar-refractivity contribution in [2.75, 3.05) is 44.7 Å². The van der Waals surface area contributed by atoms with Crippen LogP contribution in [-0.4, -0.2) is 72.2 Å². The lowest BCUT2D eigenvalue weighted by molar-refractivity contribution is -0.135. The number of rotatable bonds is 4. The molecule has 1 amide bonds. The number of carbonyl (C=O) groups excluding carboxylic acids is 1. The Labute approximate surface area is 173 Å². The van der Waals surface area contributed by atoms with Crippen LogP contribution in [0.4, 0.5) is 5.82 Å². The molecule has 0 unspecified atom stereocenters. The van der Waals surface area contributed by atoms with Gasteiger partial charge in [-0.1, -0.05) is 6.07 Å². The summed E-state index contributed by atoms with van der Waals surface area (Å²) < 4.78 is 5.57. The normalized spacial score (nSPS) is 26.7. The molecule has 0 radical (unpaired) electrons. The van der Waals surface area contributed by atoms with E-state index in [0.717, 1.165) is 83.7 Å². The first-order valence-electron chi connectivity index (χ1n) is 11.0. The maximum atomic E-state index is 13.1. The van der Waals surface area contributed by atoms with Crippen LogP contribution in [0.25, 0.3) is 0 Å². The summed E-state index contributed by atoms with van der Waals surface area (Å²) in [6, 6.07) is 8.29. The summed E-state index contributed by atoms with van der Waals surface area (Å²) in [6.45, 7) is 5.17. The van der Waals surface area contributed by atoms with Crippen molar-refractivity contribution >= 4 is 11.7 Å². The number of amides is 1. The van der Waals surface area contributed by atoms with Crippen LogP contribution in [0.5, 0.6) is 0 Å². The summed E-state index contributed by atoms with van der Waals surface area (Å²) in [6.07, 6.45) is 6.15. The monoisotopic (exact) mass is 397 g/mol. The third-order valence-corrected chi connectivity index (χ3v) is 6.46. The fourth-order valence-corrected chi connectivity index (χ4v) is 4.88. The van der Waals surface area contributed by atoms with Gasteiger partial charge in [-0.25, -0.2) is 4.98 Å². The molecule has 1 N–H and O–H groups in total. The largest absolute Gasteiger partial charge is 0.381 e. The van der Waals surface area contributed by atoms with Gasteiger partial charge in [0.25, 0.3) is 0 Å². The zero-order valence-electron chi connectivity index (χ0n) is 17.1. The van der Waals surface area contributed by atoms with Gasteiger partial charge in [-0.05, 0) is 50.7 Å². The smallest absolute Gasteiger partial charge is 0.226 e. The minimum atomic E-state index is 0.0705. The predicted octanol–water partition coefficient (Wildman–Crippen LogP) is 2.25. The molecule has 7 heteroatoms. The number of nitriles is 1. The molecule has 0 aliphatic carbocycles. The van der Waals surface area contributed by atoms with Gasteiger partial charge in [0.15, 0.2) is 0 Å². The quantitative estimate of drug-likeness (QED) is 0.839. The third-order valence-electron chi connectivity index (χ3n) is 6.46. The molecule has 4 rings (SSSR count). The van der Waals surface area contributed by atoms with Gasteiger partial charge in [0.05, 0.1) is 5.92 Å². The number of hydrogen-bond acceptors (Lipinski definition) is 6. The van der Waals surface area contributed by atoms with Gasteiger partial charge < -0.3 is 15.0 Å². The van der Waals surface area contributed by atoms with Crippen LogP contribution in [0.2, 0.25) is 0 Å². The van der Waals surface area contributed by atoms with Gasteiger partial charge in [0, 0.05) is 51.5 Å². The average molecular weight is 398 g/mol. The van der Waals surface area contributed by atoms with E-state index in [1.807, 2.05) is 12.1 Å². The van der Waals surface area contributed by atoms with E-state index >= 15 is 0 Å². The van der Waals surface area contributed by atoms with Crippen molar-refractivity contribution in [3.05, 3.63) is 23.9 Å². The van der Waals surface area contributed by atoms with Crippen LogP contribution in [0.15, 0.2) is 18.2 Å². The molecule has 1 aromatic heterocycles. The number of likely N-dealkylation sites (tertiary alicyclic amines) is 2. The van der Waals surface area contributed by atoms with Crippen LogP contribution in [-0.2, 0) is 9.53 Å². The van der Waals surface area contributed by atoms with Crippen molar-refractivity contribution < 1.29 is 9.53 Å². The highest BCUT2D eigenvalue weighted by molar-refractivity contribution is 5.79. The van der Waals surface area contributed by atoms with Crippen LogP contribution in [0.1, 0.15) is 44.2 Å². The Balaban J connectivity index is 1.48. The number of anilines is 1. The fourth-order valence-electron chi connectivity index (χ4n) is 4.88. The predicted molar refractivity (Wildman–Crippen MR) is 110 cm³/mol. The van der Waals surface area contributed by atoms with E-state index < -0.39 is 0 Å². The standard InChI is InChI=1S/C22H31N5O2/c23-14-18-4-3-5-21(24-18)25-19-7-6-17(22(28)26-10-1-2-11-26)15-27(16-19)20-8-12-29-13-9-20/h3-5,17,19-20H,1-2,6-13,15-16H2,(H,24,25)/t17-,19+/m1/s1. The molecule has 2 atom stereocenters. The van der Waals surface area contributed by atoms with Gasteiger partial charge in [0.2, 0.25) is 5.91 Å². The van der Waals surface area contributed by atoms with E-state index in [4.69, 9.17) is 10.00 Å². The number of hydrogen-bond donors (Lipinski definition) is 1. The Hall–Kier alpha value is -2.17. The van der Waals surface area contributed by atoms with E-state index in [2.05, 4.69) is 26.2 Å². The van der Waals surface area contributed by atoms with Gasteiger partial charge in [-0.3, -0.25) is 9.69 Å². The minimum absolute atomic E-state index is 0.0705. The number of carbonyl (C=O) groups is 1. The Bertz CT molecular complexity index is 737. The number of aromatic nitrogens is 1. The molecular formula is C22H31N5O2. The van der Waals surface area contributed by atoms with Crippen LogP contribution >= 0.6 is 0 Å². The molecule has 3 saturated heterocycles. The molecule has 156 valence electrons. The Morgan fingerprint density at radius 3 is 2.69 bits per heavy atom. The van der Waals surface area contributed by atoms with E-state index in [1.54, 1.807) is 6.07 Å². The van der Waals surface area contributed by atoms with Crippen molar-refractivity contribution in [2.45, 2.75) is 50.6 Å². The lowest BCUT2D eigenvalue weighted by atomic mass is 9.99. The van der Waals surface area contributed by atoms with Crippen LogP contribution in [0, 0.1) is 17.2 Å². The van der Waals surface area contributed by atoms with Crippen molar-refractivity contribution in [1.82, 2.24) is 14.8 Å². The number of pyridine rings is 1. The first kappa shape index (κ1) is 20.1. The molecule has 0 bridgehead atoms. The second kappa shape index (κ2) is 9.55. The Kier molecular flexibility index (Phi) is 6.63. The first-order valence-corrected chi connectivity index (χ1v) is 11.0. The first-order chi connectivity index (χ1) is 14.2. The SMILES string of the molecule is N#Cc1cccc(N[C@H]2CC[C@@H](C(=O)N3CCCC3)CN(C3CCOCC3)C2)n1. The molecule has 3 aliphatic heterocycles. The summed E-state index contributed by atoms with van der Waals surface area (Å²) in [5, 5.41) is 12.7. The van der Waals surface area contributed by atoms with E-state index in [1.165, 1.54) is 0 Å². The lowest BCUT2D eigenvalue weighted by Crippen LogP contribution is -2.47. The third kappa shape index (κ3) is 5.06. The van der Waals surface area contributed by atoms with Gasteiger partial charge in [-0.2, -0.15) is 5.26 Å². The number of nitrogens with one attached hydrogen (secondary N) is 1. The van der Waals surface area contributed by atoms with Gasteiger partial charge >= 0.3 is 0 Å². The molecule has 3 fully saturated rings. The van der Waals surface area contributed by atoms with Crippen LogP contribution < -0.4 is 5.32 Å².